The monoisotopic (exact) mass is 169 g/mol. The van der Waals surface area contributed by atoms with Crippen molar-refractivity contribution in [3.05, 3.63) is 16.3 Å². The van der Waals surface area contributed by atoms with Gasteiger partial charge in [0.1, 0.15) is 11.9 Å². The van der Waals surface area contributed by atoms with Gasteiger partial charge in [0.25, 0.3) is 0 Å². The lowest BCUT2D eigenvalue weighted by Crippen LogP contribution is -2.25. The molecule has 1 aromatic heterocycles. The van der Waals surface area contributed by atoms with Crippen LogP contribution in [-0.2, 0) is 11.2 Å². The SMILES string of the molecule is O=C(O)C1CCc2n[nH]c(=O)n21. The molecule has 0 saturated carbocycles. The number of carboxylic acid groups (broad SMARTS) is 1. The highest BCUT2D eigenvalue weighted by atomic mass is 16.4. The number of hydrogen-bond acceptors (Lipinski definition) is 3. The highest BCUT2D eigenvalue weighted by molar-refractivity contribution is 5.72. The molecule has 1 aliphatic rings. The average Bonchev–Trinajstić information content (AvgIpc) is 2.53. The summed E-state index contributed by atoms with van der Waals surface area (Å²) in [6, 6.07) is -0.730. The topological polar surface area (TPSA) is 88.0 Å². The van der Waals surface area contributed by atoms with E-state index in [0.717, 1.165) is 0 Å². The summed E-state index contributed by atoms with van der Waals surface area (Å²) in [5, 5.41) is 14.6. The Morgan fingerprint density at radius 3 is 3.17 bits per heavy atom. The zero-order valence-electron chi connectivity index (χ0n) is 6.15. The van der Waals surface area contributed by atoms with Crippen LogP contribution >= 0.6 is 0 Å². The molecule has 0 aromatic carbocycles. The molecule has 2 heterocycles. The van der Waals surface area contributed by atoms with Crippen molar-refractivity contribution >= 4 is 5.97 Å². The van der Waals surface area contributed by atoms with Crippen LogP contribution in [-0.4, -0.2) is 25.8 Å². The molecular formula is C6H7N3O3. The molecule has 0 spiro atoms. The maximum Gasteiger partial charge on any atom is 0.344 e. The molecule has 6 nitrogen and oxygen atoms in total. The van der Waals surface area contributed by atoms with Crippen LogP contribution in [0.25, 0.3) is 0 Å². The maximum absolute atomic E-state index is 11.0. The summed E-state index contributed by atoms with van der Waals surface area (Å²) in [4.78, 5) is 21.6. The molecule has 1 unspecified atom stereocenters. The molecule has 2 rings (SSSR count). The zero-order valence-corrected chi connectivity index (χ0v) is 6.15. The first-order chi connectivity index (χ1) is 5.70. The number of carboxylic acids is 1. The van der Waals surface area contributed by atoms with E-state index in [-0.39, 0.29) is 0 Å². The predicted octanol–water partition coefficient (Wildman–Crippen LogP) is -0.857. The molecule has 0 radical (unpaired) electrons. The van der Waals surface area contributed by atoms with Gasteiger partial charge in [-0.05, 0) is 6.42 Å². The fourth-order valence-corrected chi connectivity index (χ4v) is 1.46. The van der Waals surface area contributed by atoms with Crippen LogP contribution in [0, 0.1) is 0 Å². The van der Waals surface area contributed by atoms with Gasteiger partial charge in [-0.1, -0.05) is 0 Å². The Labute approximate surface area is 66.8 Å². The summed E-state index contributed by atoms with van der Waals surface area (Å²) in [5.41, 5.74) is -0.435. The standard InChI is InChI=1S/C6H7N3O3/c10-5(11)3-1-2-4-7-8-6(12)9(3)4/h3H,1-2H2,(H,8,12)(H,10,11). The van der Waals surface area contributed by atoms with Crippen molar-refractivity contribution in [3.63, 3.8) is 0 Å². The first kappa shape index (κ1) is 7.08. The Bertz CT molecular complexity index is 378. The number of rotatable bonds is 1. The number of aromatic amines is 1. The van der Waals surface area contributed by atoms with Crippen molar-refractivity contribution < 1.29 is 9.90 Å². The second-order valence-corrected chi connectivity index (χ2v) is 2.71. The van der Waals surface area contributed by atoms with Crippen LogP contribution in [0.2, 0.25) is 0 Å². The normalized spacial score (nSPS) is 20.8. The van der Waals surface area contributed by atoms with E-state index >= 15 is 0 Å². The van der Waals surface area contributed by atoms with Crippen molar-refractivity contribution in [2.75, 3.05) is 0 Å². The summed E-state index contributed by atoms with van der Waals surface area (Å²) in [6.07, 6.45) is 1.01. The van der Waals surface area contributed by atoms with E-state index in [1.165, 1.54) is 4.57 Å². The van der Waals surface area contributed by atoms with Crippen LogP contribution < -0.4 is 5.69 Å². The molecule has 1 aromatic rings. The first-order valence-electron chi connectivity index (χ1n) is 3.58. The lowest BCUT2D eigenvalue weighted by atomic mass is 10.2. The van der Waals surface area contributed by atoms with Crippen LogP contribution in [0.15, 0.2) is 4.79 Å². The lowest BCUT2D eigenvalue weighted by molar-refractivity contribution is -0.140. The number of fused-ring (bicyclic) bond motifs is 1. The fourth-order valence-electron chi connectivity index (χ4n) is 1.46. The highest BCUT2D eigenvalue weighted by Crippen LogP contribution is 2.21. The molecular weight excluding hydrogens is 162 g/mol. The van der Waals surface area contributed by atoms with E-state index < -0.39 is 17.7 Å². The molecule has 0 amide bonds. The van der Waals surface area contributed by atoms with Crippen LogP contribution in [0.1, 0.15) is 18.3 Å². The van der Waals surface area contributed by atoms with Gasteiger partial charge in [0.05, 0.1) is 0 Å². The van der Waals surface area contributed by atoms with Crippen LogP contribution in [0.5, 0.6) is 0 Å². The van der Waals surface area contributed by atoms with Crippen molar-refractivity contribution in [3.8, 4) is 0 Å². The van der Waals surface area contributed by atoms with Crippen molar-refractivity contribution in [2.45, 2.75) is 18.9 Å². The van der Waals surface area contributed by atoms with Gasteiger partial charge in [0.2, 0.25) is 0 Å². The van der Waals surface area contributed by atoms with Crippen LogP contribution in [0.3, 0.4) is 0 Å². The van der Waals surface area contributed by atoms with E-state index in [2.05, 4.69) is 10.2 Å². The smallest absolute Gasteiger partial charge is 0.344 e. The van der Waals surface area contributed by atoms with E-state index in [0.29, 0.717) is 18.7 Å². The summed E-state index contributed by atoms with van der Waals surface area (Å²) < 4.78 is 1.20. The lowest BCUT2D eigenvalue weighted by Gasteiger charge is -2.02. The molecule has 0 bridgehead atoms. The van der Waals surface area contributed by atoms with Crippen molar-refractivity contribution in [2.24, 2.45) is 0 Å². The van der Waals surface area contributed by atoms with E-state index in [4.69, 9.17) is 5.11 Å². The van der Waals surface area contributed by atoms with Gasteiger partial charge < -0.3 is 5.11 Å². The Morgan fingerprint density at radius 1 is 1.75 bits per heavy atom. The molecule has 2 N–H and O–H groups in total. The molecule has 1 atom stereocenters. The number of H-pyrrole nitrogens is 1. The van der Waals surface area contributed by atoms with E-state index in [1.54, 1.807) is 0 Å². The van der Waals surface area contributed by atoms with Crippen LogP contribution in [0.4, 0.5) is 0 Å². The van der Waals surface area contributed by atoms with Gasteiger partial charge >= 0.3 is 11.7 Å². The Hall–Kier alpha value is -1.59. The van der Waals surface area contributed by atoms with Gasteiger partial charge in [-0.2, -0.15) is 5.10 Å². The quantitative estimate of drug-likeness (QED) is 0.572. The minimum Gasteiger partial charge on any atom is -0.480 e. The number of nitrogens with one attached hydrogen (secondary N) is 1. The molecule has 12 heavy (non-hydrogen) atoms. The second kappa shape index (κ2) is 2.20. The van der Waals surface area contributed by atoms with Crippen molar-refractivity contribution in [1.29, 1.82) is 0 Å². The zero-order chi connectivity index (χ0) is 8.72. The highest BCUT2D eigenvalue weighted by Gasteiger charge is 2.30. The third-order valence-corrected chi connectivity index (χ3v) is 2.02. The average molecular weight is 169 g/mol. The van der Waals surface area contributed by atoms with E-state index in [9.17, 15) is 9.59 Å². The van der Waals surface area contributed by atoms with Gasteiger partial charge in [-0.15, -0.1) is 0 Å². The van der Waals surface area contributed by atoms with Gasteiger partial charge in [-0.3, -0.25) is 4.57 Å². The summed E-state index contributed by atoms with van der Waals surface area (Å²) in [7, 11) is 0. The Kier molecular flexibility index (Phi) is 1.30. The third-order valence-electron chi connectivity index (χ3n) is 2.02. The molecule has 1 aliphatic heterocycles. The molecule has 0 fully saturated rings. The predicted molar refractivity (Wildman–Crippen MR) is 37.8 cm³/mol. The van der Waals surface area contributed by atoms with Crippen molar-refractivity contribution in [1.82, 2.24) is 14.8 Å². The van der Waals surface area contributed by atoms with Gasteiger partial charge in [0.15, 0.2) is 0 Å². The number of carbonyl (C=O) groups is 1. The fraction of sp³-hybridized carbons (Fsp3) is 0.500. The van der Waals surface area contributed by atoms with Gasteiger partial charge in [-0.25, -0.2) is 14.7 Å². The number of aryl methyl sites for hydroxylation is 1. The minimum absolute atomic E-state index is 0.435. The largest absolute Gasteiger partial charge is 0.480 e. The number of nitrogens with zero attached hydrogens (tertiary/aromatic N) is 2. The summed E-state index contributed by atoms with van der Waals surface area (Å²) in [5.74, 6) is -0.440. The summed E-state index contributed by atoms with van der Waals surface area (Å²) >= 11 is 0. The molecule has 0 aliphatic carbocycles. The first-order valence-corrected chi connectivity index (χ1v) is 3.58. The summed E-state index contributed by atoms with van der Waals surface area (Å²) in [6.45, 7) is 0. The number of hydrogen-bond donors (Lipinski definition) is 2. The molecule has 0 saturated heterocycles. The number of aliphatic carboxylic acids is 1. The molecule has 6 heteroatoms. The molecule has 64 valence electrons. The second-order valence-electron chi connectivity index (χ2n) is 2.71. The number of aromatic nitrogens is 3. The third kappa shape index (κ3) is 0.775. The Morgan fingerprint density at radius 2 is 2.50 bits per heavy atom. The Balaban J connectivity index is 2.53. The van der Waals surface area contributed by atoms with E-state index in [1.807, 2.05) is 0 Å². The van der Waals surface area contributed by atoms with Gasteiger partial charge in [0, 0.05) is 6.42 Å². The minimum atomic E-state index is -0.975. The maximum atomic E-state index is 11.0.